The maximum atomic E-state index is 6.06. The fraction of sp³-hybridized carbons (Fsp3) is 0.455. The molecule has 0 saturated carbocycles. The molecule has 0 N–H and O–H groups in total. The predicted octanol–water partition coefficient (Wildman–Crippen LogP) is 3.85. The minimum absolute atomic E-state index is 0.132. The second-order valence-corrected chi connectivity index (χ2v) is 5.03. The van der Waals surface area contributed by atoms with E-state index < -0.39 is 0 Å². The van der Waals surface area contributed by atoms with Crippen LogP contribution in [0.15, 0.2) is 18.2 Å². The Balaban J connectivity index is 2.09. The zero-order valence-corrected chi connectivity index (χ0v) is 11.1. The van der Waals surface area contributed by atoms with Gasteiger partial charge in [-0.15, -0.1) is 0 Å². The Morgan fingerprint density at radius 1 is 1.40 bits per heavy atom. The highest BCUT2D eigenvalue weighted by molar-refractivity contribution is 14.1. The van der Waals surface area contributed by atoms with Crippen molar-refractivity contribution >= 4 is 34.2 Å². The Bertz CT molecular complexity index is 317. The van der Waals surface area contributed by atoms with Crippen LogP contribution in [0.25, 0.3) is 0 Å². The first-order valence-corrected chi connectivity index (χ1v) is 6.45. The molecule has 2 rings (SSSR count). The largest absolute Gasteiger partial charge is 0.462 e. The van der Waals surface area contributed by atoms with Crippen molar-refractivity contribution in [1.82, 2.24) is 0 Å². The van der Waals surface area contributed by atoms with Gasteiger partial charge in [0.2, 0.25) is 0 Å². The third kappa shape index (κ3) is 2.98. The van der Waals surface area contributed by atoms with Gasteiger partial charge in [-0.2, -0.15) is 0 Å². The molecule has 1 fully saturated rings. The lowest BCUT2D eigenvalue weighted by atomic mass is 10.2. The van der Waals surface area contributed by atoms with Gasteiger partial charge in [0.15, 0.2) is 12.0 Å². The van der Waals surface area contributed by atoms with Gasteiger partial charge in [0.05, 0.1) is 15.2 Å². The van der Waals surface area contributed by atoms with E-state index >= 15 is 0 Å². The number of rotatable bonds is 2. The zero-order chi connectivity index (χ0) is 10.7. The number of benzene rings is 1. The Kier molecular flexibility index (Phi) is 4.11. The average molecular weight is 339 g/mol. The Hall–Kier alpha value is -0.0000000000000000763. The minimum Gasteiger partial charge on any atom is -0.462 e. The minimum atomic E-state index is -0.132. The molecule has 0 aliphatic carbocycles. The number of para-hydroxylation sites is 1. The van der Waals surface area contributed by atoms with Gasteiger partial charge in [0.25, 0.3) is 0 Å². The summed E-state index contributed by atoms with van der Waals surface area (Å²) in [5, 5.41) is 0.649. The molecule has 1 heterocycles. The van der Waals surface area contributed by atoms with Gasteiger partial charge in [0, 0.05) is 6.42 Å². The van der Waals surface area contributed by atoms with Crippen LogP contribution in [0.2, 0.25) is 5.02 Å². The van der Waals surface area contributed by atoms with Gasteiger partial charge >= 0.3 is 0 Å². The van der Waals surface area contributed by atoms with Crippen molar-refractivity contribution in [1.29, 1.82) is 0 Å². The van der Waals surface area contributed by atoms with Gasteiger partial charge in [-0.3, -0.25) is 0 Å². The molecule has 0 bridgehead atoms. The van der Waals surface area contributed by atoms with E-state index in [2.05, 4.69) is 22.6 Å². The molecule has 1 saturated heterocycles. The van der Waals surface area contributed by atoms with Gasteiger partial charge < -0.3 is 9.47 Å². The first-order chi connectivity index (χ1) is 7.27. The number of hydrogen-bond donors (Lipinski definition) is 0. The third-order valence-corrected chi connectivity index (χ3v) is 3.45. The fourth-order valence-electron chi connectivity index (χ4n) is 1.53. The standard InChI is InChI=1S/C11H12ClIO2/c12-8-4-3-5-9(13)11(8)15-10-6-1-2-7-14-10/h3-5,10H,1-2,6-7H2. The van der Waals surface area contributed by atoms with Gasteiger partial charge in [0.1, 0.15) is 0 Å². The molecule has 0 radical (unpaired) electrons. The highest BCUT2D eigenvalue weighted by Gasteiger charge is 2.17. The van der Waals surface area contributed by atoms with Crippen molar-refractivity contribution < 1.29 is 9.47 Å². The summed E-state index contributed by atoms with van der Waals surface area (Å²) in [5.41, 5.74) is 0. The monoisotopic (exact) mass is 338 g/mol. The van der Waals surface area contributed by atoms with Crippen molar-refractivity contribution in [2.24, 2.45) is 0 Å². The summed E-state index contributed by atoms with van der Waals surface area (Å²) in [6.07, 6.45) is 3.10. The average Bonchev–Trinajstić information content (AvgIpc) is 2.25. The van der Waals surface area contributed by atoms with E-state index in [0.717, 1.165) is 35.2 Å². The van der Waals surface area contributed by atoms with Gasteiger partial charge in [-0.1, -0.05) is 17.7 Å². The molecule has 0 aromatic heterocycles. The summed E-state index contributed by atoms with van der Waals surface area (Å²) in [7, 11) is 0. The van der Waals surface area contributed by atoms with Crippen molar-refractivity contribution in [3.63, 3.8) is 0 Å². The normalized spacial score (nSPS) is 21.3. The number of halogens is 2. The van der Waals surface area contributed by atoms with E-state index in [1.165, 1.54) is 0 Å². The molecule has 4 heteroatoms. The van der Waals surface area contributed by atoms with Crippen molar-refractivity contribution in [2.45, 2.75) is 25.6 Å². The molecule has 2 nitrogen and oxygen atoms in total. The zero-order valence-electron chi connectivity index (χ0n) is 8.21. The van der Waals surface area contributed by atoms with Gasteiger partial charge in [-0.05, 0) is 47.6 Å². The smallest absolute Gasteiger partial charge is 0.199 e. The molecular formula is C11H12ClIO2. The molecule has 1 unspecified atom stereocenters. The van der Waals surface area contributed by atoms with Crippen LogP contribution in [-0.4, -0.2) is 12.9 Å². The van der Waals surface area contributed by atoms with E-state index in [1.807, 2.05) is 18.2 Å². The topological polar surface area (TPSA) is 18.5 Å². The molecule has 0 amide bonds. The van der Waals surface area contributed by atoms with E-state index in [4.69, 9.17) is 21.1 Å². The lowest BCUT2D eigenvalue weighted by Gasteiger charge is -2.24. The summed E-state index contributed by atoms with van der Waals surface area (Å²) < 4.78 is 12.3. The van der Waals surface area contributed by atoms with Crippen LogP contribution in [0.3, 0.4) is 0 Å². The predicted molar refractivity (Wildman–Crippen MR) is 68.4 cm³/mol. The lowest BCUT2D eigenvalue weighted by Crippen LogP contribution is -2.25. The highest BCUT2D eigenvalue weighted by Crippen LogP contribution is 2.31. The lowest BCUT2D eigenvalue weighted by molar-refractivity contribution is -0.106. The molecule has 1 aromatic carbocycles. The fourth-order valence-corrected chi connectivity index (χ4v) is 2.53. The van der Waals surface area contributed by atoms with Crippen molar-refractivity contribution in [3.8, 4) is 5.75 Å². The van der Waals surface area contributed by atoms with Crippen LogP contribution in [0.5, 0.6) is 5.75 Å². The van der Waals surface area contributed by atoms with E-state index in [-0.39, 0.29) is 6.29 Å². The van der Waals surface area contributed by atoms with Crippen LogP contribution in [0.4, 0.5) is 0 Å². The van der Waals surface area contributed by atoms with E-state index in [9.17, 15) is 0 Å². The molecule has 15 heavy (non-hydrogen) atoms. The van der Waals surface area contributed by atoms with Crippen LogP contribution in [0, 0.1) is 3.57 Å². The number of hydrogen-bond acceptors (Lipinski definition) is 2. The summed E-state index contributed by atoms with van der Waals surface area (Å²) in [4.78, 5) is 0. The Morgan fingerprint density at radius 3 is 2.93 bits per heavy atom. The van der Waals surface area contributed by atoms with Crippen LogP contribution >= 0.6 is 34.2 Å². The maximum Gasteiger partial charge on any atom is 0.199 e. The Morgan fingerprint density at radius 2 is 2.27 bits per heavy atom. The summed E-state index contributed by atoms with van der Waals surface area (Å²) in [5.74, 6) is 0.742. The molecular weight excluding hydrogens is 326 g/mol. The Labute approximate surface area is 108 Å². The van der Waals surface area contributed by atoms with Crippen molar-refractivity contribution in [2.75, 3.05) is 6.61 Å². The van der Waals surface area contributed by atoms with Crippen LogP contribution < -0.4 is 4.74 Å². The summed E-state index contributed by atoms with van der Waals surface area (Å²) >= 11 is 8.28. The van der Waals surface area contributed by atoms with Crippen LogP contribution in [-0.2, 0) is 4.74 Å². The van der Waals surface area contributed by atoms with Gasteiger partial charge in [-0.25, -0.2) is 0 Å². The molecule has 1 aliphatic heterocycles. The van der Waals surface area contributed by atoms with E-state index in [0.29, 0.717) is 5.02 Å². The number of ether oxygens (including phenoxy) is 2. The van der Waals surface area contributed by atoms with Crippen molar-refractivity contribution in [3.05, 3.63) is 26.8 Å². The second kappa shape index (κ2) is 5.37. The molecule has 82 valence electrons. The van der Waals surface area contributed by atoms with E-state index in [1.54, 1.807) is 0 Å². The first kappa shape index (κ1) is 11.5. The first-order valence-electron chi connectivity index (χ1n) is 4.99. The summed E-state index contributed by atoms with van der Waals surface area (Å²) in [6.45, 7) is 0.783. The third-order valence-electron chi connectivity index (χ3n) is 2.31. The molecule has 1 aromatic rings. The van der Waals surface area contributed by atoms with Crippen LogP contribution in [0.1, 0.15) is 19.3 Å². The summed E-state index contributed by atoms with van der Waals surface area (Å²) in [6, 6.07) is 5.73. The maximum absolute atomic E-state index is 6.06. The second-order valence-electron chi connectivity index (χ2n) is 3.46. The molecule has 0 spiro atoms. The quantitative estimate of drug-likeness (QED) is 0.763. The molecule has 1 atom stereocenters. The highest BCUT2D eigenvalue weighted by atomic mass is 127. The molecule has 1 aliphatic rings. The SMILES string of the molecule is Clc1cccc(I)c1OC1CCCCO1.